The van der Waals surface area contributed by atoms with Crippen LogP contribution in [0, 0.1) is 5.92 Å². The minimum atomic E-state index is -0.248. The summed E-state index contributed by atoms with van der Waals surface area (Å²) in [6.45, 7) is 6.00. The summed E-state index contributed by atoms with van der Waals surface area (Å²) in [5, 5.41) is 10.6. The number of carbonyl (C=O) groups is 3. The molecule has 0 aliphatic carbocycles. The van der Waals surface area contributed by atoms with Crippen LogP contribution in [0.3, 0.4) is 0 Å². The predicted octanol–water partition coefficient (Wildman–Crippen LogP) is 6.65. The van der Waals surface area contributed by atoms with Crippen LogP contribution in [0.2, 0.25) is 0 Å². The third-order valence-electron chi connectivity index (χ3n) is 6.21. The molecule has 2 rings (SSSR count). The summed E-state index contributed by atoms with van der Waals surface area (Å²) in [4.78, 5) is 36.3. The molecule has 1 N–H and O–H groups in total. The highest BCUT2D eigenvalue weighted by atomic mass is 32.2. The van der Waals surface area contributed by atoms with Gasteiger partial charge in [-0.2, -0.15) is 11.8 Å². The highest BCUT2D eigenvalue weighted by Crippen LogP contribution is 2.39. The molecule has 7 nitrogen and oxygen atoms in total. The molecule has 0 heterocycles. The molecule has 1 unspecified atom stereocenters. The van der Waals surface area contributed by atoms with E-state index in [2.05, 4.69) is 24.3 Å². The van der Waals surface area contributed by atoms with E-state index in [-0.39, 0.29) is 34.6 Å². The Balaban J connectivity index is 1.93. The number of benzene rings is 2. The Morgan fingerprint density at radius 3 is 2.28 bits per heavy atom. The highest BCUT2D eigenvalue weighted by Gasteiger charge is 2.23. The third-order valence-corrected chi connectivity index (χ3v) is 8.84. The van der Waals surface area contributed by atoms with Crippen molar-refractivity contribution in [3.05, 3.63) is 53.1 Å². The lowest BCUT2D eigenvalue weighted by atomic mass is 9.97. The van der Waals surface area contributed by atoms with Gasteiger partial charge < -0.3 is 19.3 Å². The topological polar surface area (TPSA) is 99.1 Å². The van der Waals surface area contributed by atoms with Crippen LogP contribution in [-0.4, -0.2) is 55.2 Å². The van der Waals surface area contributed by atoms with Gasteiger partial charge in [0, 0.05) is 33.6 Å². The van der Waals surface area contributed by atoms with Crippen LogP contribution in [0.15, 0.2) is 41.3 Å². The van der Waals surface area contributed by atoms with Crippen LogP contribution < -0.4 is 4.74 Å². The molecule has 0 bridgehead atoms. The number of methoxy groups -OCH3 is 2. The maximum absolute atomic E-state index is 11.9. The van der Waals surface area contributed by atoms with Gasteiger partial charge in [0.05, 0.1) is 32.8 Å². The van der Waals surface area contributed by atoms with Gasteiger partial charge in [-0.25, -0.2) is 0 Å². The Morgan fingerprint density at radius 2 is 1.67 bits per heavy atom. The molecule has 0 spiro atoms. The highest BCUT2D eigenvalue weighted by molar-refractivity contribution is 7.99. The number of Topliss-reactive ketones (excluding diaryl/α,β-unsaturated/α-hetero) is 1. The standard InChI is InChI=1S/C30H40O7S2/c1-6-8-25-26(14-13-24(21(3)31)29(25)34)37-16-7-17-38-23-11-9-22(10-12-23)30(20(2)19-28(33)36-5)39-18-15-27(32)35-4/h9-14,20,30,34H,6-8,15-19H2,1-5H3/t20?,30-/m1/s1. The molecule has 214 valence electrons. The Morgan fingerprint density at radius 1 is 0.974 bits per heavy atom. The molecule has 9 heteroatoms. The Hall–Kier alpha value is -2.65. The van der Waals surface area contributed by atoms with Gasteiger partial charge >= 0.3 is 11.9 Å². The van der Waals surface area contributed by atoms with Crippen LogP contribution in [-0.2, 0) is 25.5 Å². The minimum absolute atomic E-state index is 0.0268. The quantitative estimate of drug-likeness (QED) is 0.0961. The smallest absolute Gasteiger partial charge is 0.306 e. The van der Waals surface area contributed by atoms with Gasteiger partial charge in [-0.3, -0.25) is 14.4 Å². The Labute approximate surface area is 240 Å². The van der Waals surface area contributed by atoms with E-state index in [4.69, 9.17) is 14.2 Å². The van der Waals surface area contributed by atoms with Crippen molar-refractivity contribution in [3.63, 3.8) is 0 Å². The minimum Gasteiger partial charge on any atom is -0.507 e. The number of aromatic hydroxyl groups is 1. The number of ketones is 1. The Bertz CT molecular complexity index is 1090. The van der Waals surface area contributed by atoms with E-state index in [0.717, 1.165) is 29.1 Å². The maximum Gasteiger partial charge on any atom is 0.306 e. The molecule has 0 saturated heterocycles. The zero-order chi connectivity index (χ0) is 28.8. The van der Waals surface area contributed by atoms with Crippen LogP contribution in [0.1, 0.15) is 73.2 Å². The second-order valence-electron chi connectivity index (χ2n) is 9.24. The number of hydrogen-bond acceptors (Lipinski definition) is 9. The molecular formula is C30H40O7S2. The lowest BCUT2D eigenvalue weighted by Crippen LogP contribution is -2.14. The first-order chi connectivity index (χ1) is 18.7. The summed E-state index contributed by atoms with van der Waals surface area (Å²) in [5.74, 6) is 1.50. The molecular weight excluding hydrogens is 536 g/mol. The monoisotopic (exact) mass is 576 g/mol. The number of hydrogen-bond donors (Lipinski definition) is 1. The summed E-state index contributed by atoms with van der Waals surface area (Å²) < 4.78 is 15.6. The van der Waals surface area contributed by atoms with Crippen molar-refractivity contribution in [3.8, 4) is 11.5 Å². The number of esters is 2. The number of rotatable bonds is 17. The summed E-state index contributed by atoms with van der Waals surface area (Å²) in [6.07, 6.45) is 2.92. The van der Waals surface area contributed by atoms with Gasteiger partial charge in [-0.1, -0.05) is 32.4 Å². The molecule has 0 aliphatic heterocycles. The van der Waals surface area contributed by atoms with Gasteiger partial charge in [0.1, 0.15) is 11.5 Å². The number of carbonyl (C=O) groups excluding carboxylic acids is 3. The average Bonchev–Trinajstić information content (AvgIpc) is 2.92. The van der Waals surface area contributed by atoms with Gasteiger partial charge in [0.15, 0.2) is 5.78 Å². The van der Waals surface area contributed by atoms with Crippen LogP contribution in [0.5, 0.6) is 11.5 Å². The van der Waals surface area contributed by atoms with Crippen molar-refractivity contribution in [1.82, 2.24) is 0 Å². The summed E-state index contributed by atoms with van der Waals surface area (Å²) in [6, 6.07) is 11.7. The van der Waals surface area contributed by atoms with Crippen LogP contribution in [0.4, 0.5) is 0 Å². The van der Waals surface area contributed by atoms with Crippen molar-refractivity contribution in [2.45, 2.75) is 63.0 Å². The number of phenols is 1. The normalized spacial score (nSPS) is 12.4. The third kappa shape index (κ3) is 10.4. The summed E-state index contributed by atoms with van der Waals surface area (Å²) >= 11 is 3.38. The molecule has 0 saturated carbocycles. The maximum atomic E-state index is 11.9. The van der Waals surface area contributed by atoms with Crippen molar-refractivity contribution < 1.29 is 33.7 Å². The summed E-state index contributed by atoms with van der Waals surface area (Å²) in [5.41, 5.74) is 2.12. The molecule has 2 aromatic carbocycles. The van der Waals surface area contributed by atoms with Crippen molar-refractivity contribution in [2.75, 3.05) is 32.3 Å². The fraction of sp³-hybridized carbons (Fsp3) is 0.500. The van der Waals surface area contributed by atoms with Gasteiger partial charge in [-0.05, 0) is 55.5 Å². The second kappa shape index (κ2) is 17.1. The van der Waals surface area contributed by atoms with Gasteiger partial charge in [0.25, 0.3) is 0 Å². The zero-order valence-electron chi connectivity index (χ0n) is 23.5. The van der Waals surface area contributed by atoms with Gasteiger partial charge in [0.2, 0.25) is 0 Å². The lowest BCUT2D eigenvalue weighted by molar-refractivity contribution is -0.142. The molecule has 2 atom stereocenters. The molecule has 0 aliphatic rings. The predicted molar refractivity (Wildman–Crippen MR) is 157 cm³/mol. The number of ether oxygens (including phenoxy) is 3. The van der Waals surface area contributed by atoms with Crippen LogP contribution in [0.25, 0.3) is 0 Å². The largest absolute Gasteiger partial charge is 0.507 e. The molecule has 0 amide bonds. The number of thioether (sulfide) groups is 2. The van der Waals surface area contributed by atoms with E-state index in [9.17, 15) is 19.5 Å². The van der Waals surface area contributed by atoms with Crippen LogP contribution >= 0.6 is 23.5 Å². The van der Waals surface area contributed by atoms with E-state index in [0.29, 0.717) is 48.5 Å². The fourth-order valence-corrected chi connectivity index (χ4v) is 6.27. The molecule has 39 heavy (non-hydrogen) atoms. The van der Waals surface area contributed by atoms with Crippen molar-refractivity contribution in [1.29, 1.82) is 0 Å². The molecule has 0 fully saturated rings. The Kier molecular flexibility index (Phi) is 14.3. The van der Waals surface area contributed by atoms with E-state index in [1.807, 2.05) is 13.8 Å². The lowest BCUT2D eigenvalue weighted by Gasteiger charge is -2.23. The first-order valence-corrected chi connectivity index (χ1v) is 15.2. The first kappa shape index (κ1) is 32.6. The molecule has 2 aromatic rings. The van der Waals surface area contributed by atoms with Crippen molar-refractivity contribution in [2.24, 2.45) is 5.92 Å². The van der Waals surface area contributed by atoms with Gasteiger partial charge in [-0.15, -0.1) is 11.8 Å². The van der Waals surface area contributed by atoms with E-state index >= 15 is 0 Å². The molecule has 0 radical (unpaired) electrons. The zero-order valence-corrected chi connectivity index (χ0v) is 25.1. The van der Waals surface area contributed by atoms with Crippen molar-refractivity contribution >= 4 is 41.2 Å². The van der Waals surface area contributed by atoms with E-state index in [1.165, 1.54) is 21.1 Å². The second-order valence-corrected chi connectivity index (χ2v) is 11.7. The molecule has 0 aromatic heterocycles. The number of phenolic OH excluding ortho intramolecular Hbond substituents is 1. The summed E-state index contributed by atoms with van der Waals surface area (Å²) in [7, 11) is 2.78. The average molecular weight is 577 g/mol. The SMILES string of the molecule is CCCc1c(OCCCSc2ccc([C@H](SCCC(=O)OC)C(C)CC(=O)OC)cc2)ccc(C(C)=O)c1O. The van der Waals surface area contributed by atoms with E-state index in [1.54, 1.807) is 35.7 Å². The first-order valence-electron chi connectivity index (χ1n) is 13.2. The van der Waals surface area contributed by atoms with E-state index < -0.39 is 0 Å². The fourth-order valence-electron chi connectivity index (χ4n) is 4.13.